The van der Waals surface area contributed by atoms with Crippen LogP contribution >= 0.6 is 0 Å². The zero-order valence-corrected chi connectivity index (χ0v) is 11.4. The first-order valence-electron chi connectivity index (χ1n) is 5.94. The highest BCUT2D eigenvalue weighted by atomic mass is 32.2. The molecule has 0 heterocycles. The summed E-state index contributed by atoms with van der Waals surface area (Å²) in [6.45, 7) is 7.31. The largest absolute Gasteiger partial charge is 0.329 e. The minimum Gasteiger partial charge on any atom is -0.329 e. The summed E-state index contributed by atoms with van der Waals surface area (Å²) < 4.78 is 23.2. The summed E-state index contributed by atoms with van der Waals surface area (Å²) in [7, 11) is -3.00. The van der Waals surface area contributed by atoms with Gasteiger partial charge >= 0.3 is 0 Å². The van der Waals surface area contributed by atoms with Crippen molar-refractivity contribution in [1.29, 1.82) is 0 Å². The molecule has 1 fully saturated rings. The summed E-state index contributed by atoms with van der Waals surface area (Å²) in [5.41, 5.74) is 5.53. The minimum atomic E-state index is -3.00. The van der Waals surface area contributed by atoms with Crippen molar-refractivity contribution in [3.8, 4) is 0 Å². The molecule has 96 valence electrons. The van der Waals surface area contributed by atoms with E-state index in [-0.39, 0.29) is 5.75 Å². The second kappa shape index (κ2) is 5.02. The van der Waals surface area contributed by atoms with Crippen LogP contribution in [0.4, 0.5) is 0 Å². The topological polar surface area (TPSA) is 63.4 Å². The average Bonchev–Trinajstić information content (AvgIpc) is 2.93. The third-order valence-corrected chi connectivity index (χ3v) is 5.65. The zero-order valence-electron chi connectivity index (χ0n) is 10.6. The maximum Gasteiger partial charge on any atom is 0.156 e. The van der Waals surface area contributed by atoms with Gasteiger partial charge in [0, 0.05) is 25.7 Å². The number of hydrogen-bond acceptors (Lipinski definition) is 4. The molecule has 0 aliphatic heterocycles. The van der Waals surface area contributed by atoms with Crippen molar-refractivity contribution >= 4 is 9.84 Å². The van der Waals surface area contributed by atoms with Crippen molar-refractivity contribution in [2.45, 2.75) is 44.4 Å². The molecule has 4 nitrogen and oxygen atoms in total. The Morgan fingerprint density at radius 3 is 2.19 bits per heavy atom. The lowest BCUT2D eigenvalue weighted by atomic mass is 10.3. The monoisotopic (exact) mass is 248 g/mol. The summed E-state index contributed by atoms with van der Waals surface area (Å²) in [4.78, 5) is 2.21. The SMILES string of the molecule is CC(C)(C)S(=O)(=O)CCN(CCN)C1CC1. The van der Waals surface area contributed by atoms with Crippen LogP contribution in [0.2, 0.25) is 0 Å². The third-order valence-electron chi connectivity index (χ3n) is 3.06. The van der Waals surface area contributed by atoms with Gasteiger partial charge < -0.3 is 5.73 Å². The third kappa shape index (κ3) is 3.71. The highest BCUT2D eigenvalue weighted by Gasteiger charge is 2.32. The van der Waals surface area contributed by atoms with Crippen LogP contribution in [0.5, 0.6) is 0 Å². The van der Waals surface area contributed by atoms with E-state index in [2.05, 4.69) is 4.90 Å². The smallest absolute Gasteiger partial charge is 0.156 e. The molecule has 0 aromatic rings. The molecule has 5 heteroatoms. The molecule has 0 saturated heterocycles. The second-order valence-electron chi connectivity index (χ2n) is 5.49. The van der Waals surface area contributed by atoms with Crippen LogP contribution in [0.1, 0.15) is 33.6 Å². The van der Waals surface area contributed by atoms with Crippen molar-refractivity contribution in [3.05, 3.63) is 0 Å². The lowest BCUT2D eigenvalue weighted by Gasteiger charge is -2.24. The van der Waals surface area contributed by atoms with E-state index in [4.69, 9.17) is 5.73 Å². The van der Waals surface area contributed by atoms with Crippen LogP contribution in [-0.4, -0.2) is 49.5 Å². The van der Waals surface area contributed by atoms with E-state index in [1.54, 1.807) is 20.8 Å². The molecule has 1 rings (SSSR count). The van der Waals surface area contributed by atoms with E-state index in [0.29, 0.717) is 19.1 Å². The van der Waals surface area contributed by atoms with Crippen molar-refractivity contribution < 1.29 is 8.42 Å². The Morgan fingerprint density at radius 2 is 1.81 bits per heavy atom. The van der Waals surface area contributed by atoms with Crippen molar-refractivity contribution in [1.82, 2.24) is 4.90 Å². The predicted molar refractivity (Wildman–Crippen MR) is 67.2 cm³/mol. The van der Waals surface area contributed by atoms with Crippen molar-refractivity contribution in [2.24, 2.45) is 5.73 Å². The van der Waals surface area contributed by atoms with Crippen LogP contribution < -0.4 is 5.73 Å². The molecular weight excluding hydrogens is 224 g/mol. The van der Waals surface area contributed by atoms with E-state index in [1.807, 2.05) is 0 Å². The summed E-state index contributed by atoms with van der Waals surface area (Å²) in [6.07, 6.45) is 2.38. The first-order chi connectivity index (χ1) is 7.28. The number of nitrogens with zero attached hydrogens (tertiary/aromatic N) is 1. The summed E-state index contributed by atoms with van der Waals surface area (Å²) in [5, 5.41) is 0. The number of sulfone groups is 1. The van der Waals surface area contributed by atoms with Crippen molar-refractivity contribution in [2.75, 3.05) is 25.4 Å². The molecule has 0 aromatic carbocycles. The maximum atomic E-state index is 11.9. The number of rotatable bonds is 6. The fourth-order valence-electron chi connectivity index (χ4n) is 1.63. The molecule has 1 aliphatic rings. The molecule has 0 amide bonds. The molecule has 1 aliphatic carbocycles. The van der Waals surface area contributed by atoms with E-state index in [9.17, 15) is 8.42 Å². The first-order valence-corrected chi connectivity index (χ1v) is 7.59. The average molecular weight is 248 g/mol. The molecule has 0 unspecified atom stereocenters. The Morgan fingerprint density at radius 1 is 1.25 bits per heavy atom. The molecule has 0 radical (unpaired) electrons. The molecule has 0 spiro atoms. The van der Waals surface area contributed by atoms with Gasteiger partial charge in [-0.3, -0.25) is 4.90 Å². The van der Waals surface area contributed by atoms with E-state index < -0.39 is 14.6 Å². The fourth-order valence-corrected chi connectivity index (χ4v) is 2.71. The zero-order chi connectivity index (χ0) is 12.4. The molecule has 0 aromatic heterocycles. The number of hydrogen-bond donors (Lipinski definition) is 1. The standard InChI is InChI=1S/C11H24N2O2S/c1-11(2,3)16(14,15)9-8-13(7-6-12)10-4-5-10/h10H,4-9,12H2,1-3H3. The van der Waals surface area contributed by atoms with Gasteiger partial charge in [-0.15, -0.1) is 0 Å². The highest BCUT2D eigenvalue weighted by Crippen LogP contribution is 2.26. The maximum absolute atomic E-state index is 11.9. The normalized spacial score (nSPS) is 18.1. The Bertz CT molecular complexity index is 315. The molecule has 16 heavy (non-hydrogen) atoms. The van der Waals surface area contributed by atoms with Crippen molar-refractivity contribution in [3.63, 3.8) is 0 Å². The highest BCUT2D eigenvalue weighted by molar-refractivity contribution is 7.92. The summed E-state index contributed by atoms with van der Waals surface area (Å²) in [6, 6.07) is 0.582. The molecule has 0 bridgehead atoms. The van der Waals surface area contributed by atoms with E-state index >= 15 is 0 Å². The van der Waals surface area contributed by atoms with Crippen LogP contribution in [0.3, 0.4) is 0 Å². The molecule has 2 N–H and O–H groups in total. The Labute approximate surface area is 99.1 Å². The molecule has 1 saturated carbocycles. The van der Waals surface area contributed by atoms with Crippen LogP contribution in [0.25, 0.3) is 0 Å². The summed E-state index contributed by atoms with van der Waals surface area (Å²) in [5.74, 6) is 0.243. The van der Waals surface area contributed by atoms with Gasteiger partial charge in [-0.1, -0.05) is 0 Å². The number of nitrogens with two attached hydrogens (primary N) is 1. The van der Waals surface area contributed by atoms with Gasteiger partial charge in [0.1, 0.15) is 0 Å². The molecular formula is C11H24N2O2S. The Hall–Kier alpha value is -0.130. The van der Waals surface area contributed by atoms with E-state index in [1.165, 1.54) is 12.8 Å². The van der Waals surface area contributed by atoms with Gasteiger partial charge in [0.2, 0.25) is 0 Å². The van der Waals surface area contributed by atoms with Crippen LogP contribution in [-0.2, 0) is 9.84 Å². The minimum absolute atomic E-state index is 0.243. The van der Waals surface area contributed by atoms with Gasteiger partial charge in [0.15, 0.2) is 9.84 Å². The Balaban J connectivity index is 2.48. The van der Waals surface area contributed by atoms with Gasteiger partial charge in [0.25, 0.3) is 0 Å². The van der Waals surface area contributed by atoms with Crippen LogP contribution in [0.15, 0.2) is 0 Å². The Kier molecular flexibility index (Phi) is 4.37. The quantitative estimate of drug-likeness (QED) is 0.748. The lowest BCUT2D eigenvalue weighted by molar-refractivity contribution is 0.286. The van der Waals surface area contributed by atoms with Gasteiger partial charge in [0.05, 0.1) is 10.5 Å². The molecule has 0 atom stereocenters. The van der Waals surface area contributed by atoms with E-state index in [0.717, 1.165) is 6.54 Å². The van der Waals surface area contributed by atoms with Gasteiger partial charge in [-0.25, -0.2) is 8.42 Å². The van der Waals surface area contributed by atoms with Gasteiger partial charge in [-0.05, 0) is 33.6 Å². The summed E-state index contributed by atoms with van der Waals surface area (Å²) >= 11 is 0. The van der Waals surface area contributed by atoms with Crippen LogP contribution in [0, 0.1) is 0 Å². The lowest BCUT2D eigenvalue weighted by Crippen LogP contribution is -2.39. The first kappa shape index (κ1) is 13.9. The fraction of sp³-hybridized carbons (Fsp3) is 1.00. The predicted octanol–water partition coefficient (Wildman–Crippen LogP) is 0.623. The second-order valence-corrected chi connectivity index (χ2v) is 8.35. The van der Waals surface area contributed by atoms with Gasteiger partial charge in [-0.2, -0.15) is 0 Å².